The quantitative estimate of drug-likeness (QED) is 0.452. The zero-order chi connectivity index (χ0) is 14.0. The molecule has 0 spiro atoms. The fourth-order valence-electron chi connectivity index (χ4n) is 1.27. The van der Waals surface area contributed by atoms with Gasteiger partial charge in [0.1, 0.15) is 5.15 Å². The summed E-state index contributed by atoms with van der Waals surface area (Å²) in [6, 6.07) is 4.24. The van der Waals surface area contributed by atoms with Gasteiger partial charge in [0.05, 0.1) is 20.7 Å². The number of hydrogen-bond donors (Lipinski definition) is 0. The van der Waals surface area contributed by atoms with E-state index in [0.717, 1.165) is 11.3 Å². The van der Waals surface area contributed by atoms with Crippen molar-refractivity contribution in [3.05, 3.63) is 43.4 Å². The Morgan fingerprint density at radius 2 is 2.16 bits per heavy atom. The fraction of sp³-hybridized carbons (Fsp3) is 0.100. The van der Waals surface area contributed by atoms with Crippen LogP contribution in [0.4, 0.5) is 5.69 Å². The predicted octanol–water partition coefficient (Wildman–Crippen LogP) is 4.89. The van der Waals surface area contributed by atoms with Crippen LogP contribution in [0.15, 0.2) is 18.2 Å². The molecule has 0 saturated carbocycles. The Balaban J connectivity index is 2.39. The summed E-state index contributed by atoms with van der Waals surface area (Å²) in [6.45, 7) is 0. The van der Waals surface area contributed by atoms with Crippen LogP contribution in [0.2, 0.25) is 10.2 Å². The number of ether oxygens (including phenoxy) is 1. The van der Waals surface area contributed by atoms with Crippen molar-refractivity contribution >= 4 is 51.8 Å². The molecule has 19 heavy (non-hydrogen) atoms. The summed E-state index contributed by atoms with van der Waals surface area (Å²) in [5.74, 6) is 0.116. The number of benzene rings is 1. The van der Waals surface area contributed by atoms with E-state index in [4.69, 9.17) is 39.5 Å². The SMILES string of the molecule is O=[N+]([O-])c1cccc(Cl)c1Oc1nc(Cl)c(CCl)s1. The van der Waals surface area contributed by atoms with E-state index in [1.807, 2.05) is 0 Å². The van der Waals surface area contributed by atoms with Gasteiger partial charge in [-0.05, 0) is 6.07 Å². The van der Waals surface area contributed by atoms with E-state index in [1.54, 1.807) is 0 Å². The van der Waals surface area contributed by atoms with E-state index < -0.39 is 4.92 Å². The third-order valence-corrected chi connectivity index (χ3v) is 4.17. The van der Waals surface area contributed by atoms with Crippen LogP contribution in [-0.2, 0) is 5.88 Å². The van der Waals surface area contributed by atoms with Crippen molar-refractivity contribution in [2.24, 2.45) is 0 Å². The molecule has 0 aliphatic heterocycles. The Morgan fingerprint density at radius 3 is 2.74 bits per heavy atom. The largest absolute Gasteiger partial charge is 0.422 e. The molecule has 1 aromatic heterocycles. The van der Waals surface area contributed by atoms with Crippen molar-refractivity contribution in [1.29, 1.82) is 0 Å². The number of hydrogen-bond acceptors (Lipinski definition) is 5. The van der Waals surface area contributed by atoms with Crippen molar-refractivity contribution in [2.45, 2.75) is 5.88 Å². The normalized spacial score (nSPS) is 10.5. The summed E-state index contributed by atoms with van der Waals surface area (Å²) in [4.78, 5) is 14.8. The topological polar surface area (TPSA) is 65.3 Å². The maximum absolute atomic E-state index is 10.9. The van der Waals surface area contributed by atoms with E-state index in [9.17, 15) is 10.1 Å². The zero-order valence-electron chi connectivity index (χ0n) is 9.10. The summed E-state index contributed by atoms with van der Waals surface area (Å²) in [5.41, 5.74) is -0.244. The van der Waals surface area contributed by atoms with Crippen LogP contribution in [0.25, 0.3) is 0 Å². The lowest BCUT2D eigenvalue weighted by atomic mass is 10.3. The number of halogens is 3. The Labute approximate surface area is 126 Å². The lowest BCUT2D eigenvalue weighted by Gasteiger charge is -2.04. The molecule has 2 rings (SSSR count). The first-order valence-corrected chi connectivity index (χ1v) is 6.95. The third kappa shape index (κ3) is 3.09. The molecule has 5 nitrogen and oxygen atoms in total. The van der Waals surface area contributed by atoms with Gasteiger partial charge < -0.3 is 4.74 Å². The second kappa shape index (κ2) is 5.92. The average Bonchev–Trinajstić information content (AvgIpc) is 2.71. The molecule has 0 aliphatic carbocycles. The van der Waals surface area contributed by atoms with Gasteiger partial charge in [-0.3, -0.25) is 10.1 Å². The highest BCUT2D eigenvalue weighted by Crippen LogP contribution is 2.40. The number of nitro benzene ring substituents is 1. The summed E-state index contributed by atoms with van der Waals surface area (Å²) < 4.78 is 5.36. The van der Waals surface area contributed by atoms with Crippen LogP contribution in [0, 0.1) is 10.1 Å². The van der Waals surface area contributed by atoms with Crippen LogP contribution in [0.5, 0.6) is 10.9 Å². The molecule has 100 valence electrons. The van der Waals surface area contributed by atoms with E-state index in [-0.39, 0.29) is 32.7 Å². The molecular weight excluding hydrogens is 335 g/mol. The second-order valence-electron chi connectivity index (χ2n) is 3.27. The van der Waals surface area contributed by atoms with E-state index >= 15 is 0 Å². The number of para-hydroxylation sites is 1. The lowest BCUT2D eigenvalue weighted by molar-refractivity contribution is -0.385. The maximum Gasteiger partial charge on any atom is 0.313 e. The number of nitrogens with zero attached hydrogens (tertiary/aromatic N) is 2. The van der Waals surface area contributed by atoms with Gasteiger partial charge in [0.2, 0.25) is 5.75 Å². The molecule has 0 radical (unpaired) electrons. The Morgan fingerprint density at radius 1 is 1.42 bits per heavy atom. The molecule has 0 N–H and O–H groups in total. The standard InChI is InChI=1S/C10H5Cl3N2O3S/c11-4-7-9(13)14-10(19-7)18-8-5(12)2-1-3-6(8)15(16)17/h1-3H,4H2. The van der Waals surface area contributed by atoms with Gasteiger partial charge >= 0.3 is 5.69 Å². The fourth-order valence-corrected chi connectivity index (χ4v) is 2.80. The zero-order valence-corrected chi connectivity index (χ0v) is 12.2. The average molecular weight is 340 g/mol. The monoisotopic (exact) mass is 338 g/mol. The van der Waals surface area contributed by atoms with Gasteiger partial charge in [-0.15, -0.1) is 11.6 Å². The highest BCUT2D eigenvalue weighted by atomic mass is 35.5. The molecule has 0 aliphatic rings. The Bertz CT molecular complexity index is 632. The van der Waals surface area contributed by atoms with Gasteiger partial charge in [0.15, 0.2) is 0 Å². The first-order valence-electron chi connectivity index (χ1n) is 4.85. The van der Waals surface area contributed by atoms with Crippen LogP contribution >= 0.6 is 46.1 Å². The van der Waals surface area contributed by atoms with Crippen molar-refractivity contribution in [2.75, 3.05) is 0 Å². The summed E-state index contributed by atoms with van der Waals surface area (Å²) >= 11 is 18.5. The highest BCUT2D eigenvalue weighted by Gasteiger charge is 2.21. The van der Waals surface area contributed by atoms with E-state index in [0.29, 0.717) is 4.88 Å². The smallest absolute Gasteiger partial charge is 0.313 e. The van der Waals surface area contributed by atoms with Gasteiger partial charge in [0, 0.05) is 6.07 Å². The minimum atomic E-state index is -0.584. The number of thiazole rings is 1. The molecule has 0 fully saturated rings. The Hall–Kier alpha value is -1.08. The van der Waals surface area contributed by atoms with Gasteiger partial charge in [-0.2, -0.15) is 4.98 Å². The van der Waals surface area contributed by atoms with Gasteiger partial charge in [0.25, 0.3) is 5.19 Å². The first-order chi connectivity index (χ1) is 9.02. The van der Waals surface area contributed by atoms with Crippen LogP contribution < -0.4 is 4.74 Å². The lowest BCUT2D eigenvalue weighted by Crippen LogP contribution is -1.93. The van der Waals surface area contributed by atoms with Gasteiger partial charge in [-0.25, -0.2) is 0 Å². The molecule has 0 bridgehead atoms. The number of alkyl halides is 1. The van der Waals surface area contributed by atoms with Crippen molar-refractivity contribution in [1.82, 2.24) is 4.98 Å². The van der Waals surface area contributed by atoms with Crippen molar-refractivity contribution < 1.29 is 9.66 Å². The van der Waals surface area contributed by atoms with E-state index in [1.165, 1.54) is 18.2 Å². The molecule has 1 aromatic carbocycles. The molecule has 2 aromatic rings. The minimum Gasteiger partial charge on any atom is -0.422 e. The van der Waals surface area contributed by atoms with Crippen LogP contribution in [-0.4, -0.2) is 9.91 Å². The van der Waals surface area contributed by atoms with Crippen molar-refractivity contribution in [3.63, 3.8) is 0 Å². The van der Waals surface area contributed by atoms with Crippen molar-refractivity contribution in [3.8, 4) is 10.9 Å². The molecule has 9 heteroatoms. The number of nitro groups is 1. The summed E-state index contributed by atoms with van der Waals surface area (Å²) in [7, 11) is 0. The molecule has 0 atom stereocenters. The molecule has 0 amide bonds. The Kier molecular flexibility index (Phi) is 4.46. The molecule has 1 heterocycles. The van der Waals surface area contributed by atoms with Gasteiger partial charge in [-0.1, -0.05) is 40.6 Å². The molecule has 0 unspecified atom stereocenters. The van der Waals surface area contributed by atoms with Crippen LogP contribution in [0.3, 0.4) is 0 Å². The number of rotatable bonds is 4. The summed E-state index contributed by atoms with van der Waals surface area (Å²) in [6.07, 6.45) is 0. The highest BCUT2D eigenvalue weighted by molar-refractivity contribution is 7.14. The summed E-state index contributed by atoms with van der Waals surface area (Å²) in [5, 5.41) is 11.4. The van der Waals surface area contributed by atoms with E-state index in [2.05, 4.69) is 4.98 Å². The maximum atomic E-state index is 10.9. The molecular formula is C10H5Cl3N2O3S. The molecule has 0 saturated heterocycles. The predicted molar refractivity (Wildman–Crippen MR) is 74.9 cm³/mol. The van der Waals surface area contributed by atoms with Crippen LogP contribution in [0.1, 0.15) is 4.88 Å². The minimum absolute atomic E-state index is 0.0688. The number of aromatic nitrogens is 1. The first kappa shape index (κ1) is 14.3. The second-order valence-corrected chi connectivity index (χ2v) is 5.35. The third-order valence-electron chi connectivity index (χ3n) is 2.08.